The minimum Gasteiger partial charge on any atom is -0.507 e. The third kappa shape index (κ3) is 4.29. The fourth-order valence-corrected chi connectivity index (χ4v) is 5.64. The molecule has 1 amide bonds. The molecule has 2 aromatic carbocycles. The van der Waals surface area contributed by atoms with Gasteiger partial charge in [0.05, 0.1) is 30.4 Å². The molecule has 0 saturated carbocycles. The van der Waals surface area contributed by atoms with Crippen LogP contribution in [0.4, 0.5) is 5.69 Å². The van der Waals surface area contributed by atoms with Gasteiger partial charge in [0.2, 0.25) is 0 Å². The van der Waals surface area contributed by atoms with Gasteiger partial charge in [-0.1, -0.05) is 55.2 Å². The first-order valence-electron chi connectivity index (χ1n) is 10.8. The van der Waals surface area contributed by atoms with Crippen molar-refractivity contribution in [2.45, 2.75) is 25.8 Å². The molecule has 0 aliphatic carbocycles. The van der Waals surface area contributed by atoms with E-state index < -0.39 is 23.5 Å². The normalized spacial score (nSPS) is 17.3. The SMILES string of the molecule is COc1c(Cl)cc(/C(O)=C2/C(=O)C(=O)N(c3ccc(C(C)C)cc3)C2c2cccs2)c(OC)c1Cl. The van der Waals surface area contributed by atoms with Crippen molar-refractivity contribution in [1.29, 1.82) is 0 Å². The zero-order chi connectivity index (χ0) is 25.4. The average molecular weight is 532 g/mol. The number of benzene rings is 2. The summed E-state index contributed by atoms with van der Waals surface area (Å²) >= 11 is 14.1. The van der Waals surface area contributed by atoms with Crippen LogP contribution in [0.1, 0.15) is 41.8 Å². The summed E-state index contributed by atoms with van der Waals surface area (Å²) in [6.45, 7) is 4.15. The predicted octanol–water partition coefficient (Wildman–Crippen LogP) is 6.82. The second kappa shape index (κ2) is 9.93. The highest BCUT2D eigenvalue weighted by atomic mass is 35.5. The van der Waals surface area contributed by atoms with Crippen LogP contribution in [0.25, 0.3) is 5.76 Å². The molecule has 1 aliphatic heterocycles. The topological polar surface area (TPSA) is 76.1 Å². The van der Waals surface area contributed by atoms with E-state index in [0.717, 1.165) is 5.56 Å². The maximum atomic E-state index is 13.3. The van der Waals surface area contributed by atoms with E-state index in [9.17, 15) is 14.7 Å². The lowest BCUT2D eigenvalue weighted by Gasteiger charge is -2.25. The monoisotopic (exact) mass is 531 g/mol. The van der Waals surface area contributed by atoms with Gasteiger partial charge in [-0.2, -0.15) is 0 Å². The first kappa shape index (κ1) is 25.1. The van der Waals surface area contributed by atoms with Crippen LogP contribution in [0.3, 0.4) is 0 Å². The summed E-state index contributed by atoms with van der Waals surface area (Å²) in [5.41, 5.74) is 1.65. The Bertz CT molecular complexity index is 1320. The van der Waals surface area contributed by atoms with E-state index in [0.29, 0.717) is 16.5 Å². The Labute approximate surface area is 217 Å². The quantitative estimate of drug-likeness (QED) is 0.214. The molecular formula is C26H23Cl2NO5S. The molecule has 1 atom stereocenters. The highest BCUT2D eigenvalue weighted by molar-refractivity contribution is 7.10. The van der Waals surface area contributed by atoms with Crippen molar-refractivity contribution in [2.75, 3.05) is 19.1 Å². The van der Waals surface area contributed by atoms with E-state index in [1.54, 1.807) is 0 Å². The van der Waals surface area contributed by atoms with Crippen molar-refractivity contribution in [3.05, 3.63) is 79.5 Å². The molecule has 0 bridgehead atoms. The number of amides is 1. The second-order valence-electron chi connectivity index (χ2n) is 8.22. The number of hydrogen-bond acceptors (Lipinski definition) is 6. The summed E-state index contributed by atoms with van der Waals surface area (Å²) in [6.07, 6.45) is 0. The third-order valence-corrected chi connectivity index (χ3v) is 7.44. The van der Waals surface area contributed by atoms with Gasteiger partial charge in [-0.15, -0.1) is 11.3 Å². The number of thiophene rings is 1. The van der Waals surface area contributed by atoms with Crippen LogP contribution in [0.15, 0.2) is 53.4 Å². The average Bonchev–Trinajstić information content (AvgIpc) is 3.45. The lowest BCUT2D eigenvalue weighted by molar-refractivity contribution is -0.132. The number of aliphatic hydroxyl groups is 1. The largest absolute Gasteiger partial charge is 0.507 e. The molecular weight excluding hydrogens is 509 g/mol. The van der Waals surface area contributed by atoms with Crippen LogP contribution in [0.2, 0.25) is 10.0 Å². The summed E-state index contributed by atoms with van der Waals surface area (Å²) < 4.78 is 10.6. The zero-order valence-corrected chi connectivity index (χ0v) is 21.8. The Morgan fingerprint density at radius 3 is 2.26 bits per heavy atom. The van der Waals surface area contributed by atoms with Crippen LogP contribution in [-0.2, 0) is 9.59 Å². The first-order chi connectivity index (χ1) is 16.7. The molecule has 182 valence electrons. The number of methoxy groups -OCH3 is 2. The molecule has 4 rings (SSSR count). The summed E-state index contributed by atoms with van der Waals surface area (Å²) in [5.74, 6) is -1.45. The van der Waals surface area contributed by atoms with Crippen molar-refractivity contribution in [1.82, 2.24) is 0 Å². The molecule has 1 fully saturated rings. The van der Waals surface area contributed by atoms with E-state index in [2.05, 4.69) is 13.8 Å². The standard InChI is InChI=1S/C26H23Cl2NO5S/c1-13(2)14-7-9-15(10-8-14)29-21(18-6-5-11-35-18)19(23(31)26(29)32)22(30)16-12-17(27)25(34-4)20(28)24(16)33-3/h5-13,21,30H,1-4H3/b22-19-. The molecule has 9 heteroatoms. The lowest BCUT2D eigenvalue weighted by atomic mass is 9.98. The zero-order valence-electron chi connectivity index (χ0n) is 19.5. The highest BCUT2D eigenvalue weighted by Gasteiger charge is 2.47. The molecule has 1 N–H and O–H groups in total. The van der Waals surface area contributed by atoms with Gasteiger partial charge in [0, 0.05) is 10.6 Å². The Hall–Kier alpha value is -3.00. The van der Waals surface area contributed by atoms with Gasteiger partial charge >= 0.3 is 0 Å². The van der Waals surface area contributed by atoms with Crippen molar-refractivity contribution in [3.63, 3.8) is 0 Å². The molecule has 1 unspecified atom stereocenters. The van der Waals surface area contributed by atoms with Crippen LogP contribution in [-0.4, -0.2) is 31.0 Å². The number of ether oxygens (including phenoxy) is 2. The van der Waals surface area contributed by atoms with Gasteiger partial charge < -0.3 is 14.6 Å². The fraction of sp³-hybridized carbons (Fsp3) is 0.231. The van der Waals surface area contributed by atoms with Gasteiger partial charge in [0.1, 0.15) is 16.8 Å². The van der Waals surface area contributed by atoms with Crippen LogP contribution < -0.4 is 14.4 Å². The minimum absolute atomic E-state index is 0.0372. The van der Waals surface area contributed by atoms with Crippen molar-refractivity contribution < 1.29 is 24.2 Å². The number of aliphatic hydroxyl groups excluding tert-OH is 1. The number of ketones is 1. The molecule has 2 heterocycles. The first-order valence-corrected chi connectivity index (χ1v) is 12.4. The number of carbonyl (C=O) groups is 2. The molecule has 35 heavy (non-hydrogen) atoms. The Balaban J connectivity index is 1.95. The molecule has 0 spiro atoms. The van der Waals surface area contributed by atoms with E-state index in [1.165, 1.54) is 36.5 Å². The summed E-state index contributed by atoms with van der Waals surface area (Å²) in [6, 6.07) is 11.7. The van der Waals surface area contributed by atoms with E-state index in [-0.39, 0.29) is 32.7 Å². The molecule has 1 aliphatic rings. The molecule has 1 aromatic heterocycles. The van der Waals surface area contributed by atoms with Crippen LogP contribution >= 0.6 is 34.5 Å². The maximum absolute atomic E-state index is 13.3. The van der Waals surface area contributed by atoms with Crippen LogP contribution in [0, 0.1) is 0 Å². The van der Waals surface area contributed by atoms with Gasteiger partial charge in [-0.05, 0) is 41.1 Å². The summed E-state index contributed by atoms with van der Waals surface area (Å²) in [5, 5.41) is 13.4. The Morgan fingerprint density at radius 1 is 1.06 bits per heavy atom. The molecule has 6 nitrogen and oxygen atoms in total. The van der Waals surface area contributed by atoms with Crippen molar-refractivity contribution in [2.24, 2.45) is 0 Å². The molecule has 3 aromatic rings. The van der Waals surface area contributed by atoms with Gasteiger partial charge in [-0.3, -0.25) is 14.5 Å². The van der Waals surface area contributed by atoms with Gasteiger partial charge in [0.15, 0.2) is 11.5 Å². The predicted molar refractivity (Wildman–Crippen MR) is 139 cm³/mol. The Kier molecular flexibility index (Phi) is 7.12. The molecule has 0 radical (unpaired) electrons. The van der Waals surface area contributed by atoms with Gasteiger partial charge in [-0.25, -0.2) is 0 Å². The van der Waals surface area contributed by atoms with Crippen molar-refractivity contribution >= 4 is 57.7 Å². The number of halogens is 2. The molecule has 1 saturated heterocycles. The Morgan fingerprint density at radius 2 is 1.71 bits per heavy atom. The van der Waals surface area contributed by atoms with E-state index in [4.69, 9.17) is 32.7 Å². The fourth-order valence-electron chi connectivity index (χ4n) is 4.13. The second-order valence-corrected chi connectivity index (χ2v) is 9.98. The number of Topliss-reactive ketones (excluding diaryl/α,β-unsaturated/α-hetero) is 1. The summed E-state index contributed by atoms with van der Waals surface area (Å²) in [4.78, 5) is 28.8. The minimum atomic E-state index is -0.843. The summed E-state index contributed by atoms with van der Waals surface area (Å²) in [7, 11) is 2.77. The highest BCUT2D eigenvalue weighted by Crippen LogP contribution is 2.48. The lowest BCUT2D eigenvalue weighted by Crippen LogP contribution is -2.29. The maximum Gasteiger partial charge on any atom is 0.300 e. The van der Waals surface area contributed by atoms with E-state index >= 15 is 0 Å². The number of rotatable bonds is 6. The van der Waals surface area contributed by atoms with Gasteiger partial charge in [0.25, 0.3) is 11.7 Å². The van der Waals surface area contributed by atoms with Crippen LogP contribution in [0.5, 0.6) is 11.5 Å². The van der Waals surface area contributed by atoms with Crippen molar-refractivity contribution in [3.8, 4) is 11.5 Å². The third-order valence-electron chi connectivity index (χ3n) is 5.89. The smallest absolute Gasteiger partial charge is 0.300 e. The van der Waals surface area contributed by atoms with E-state index in [1.807, 2.05) is 41.8 Å². The number of nitrogens with zero attached hydrogens (tertiary/aromatic N) is 1. The number of hydrogen-bond donors (Lipinski definition) is 1. The number of anilines is 1. The number of carbonyl (C=O) groups excluding carboxylic acids is 2.